The molecule has 7 heteroatoms. The quantitative estimate of drug-likeness (QED) is 0.809. The first-order chi connectivity index (χ1) is 10.4. The lowest BCUT2D eigenvalue weighted by atomic mass is 10.3. The van der Waals surface area contributed by atoms with E-state index >= 15 is 0 Å². The molecule has 2 rings (SSSR count). The Hall–Kier alpha value is -2.57. The van der Waals surface area contributed by atoms with Gasteiger partial charge in [0.2, 0.25) is 5.91 Å². The number of carbonyl (C=O) groups excluding carboxylic acids is 1. The van der Waals surface area contributed by atoms with Crippen LogP contribution in [0.4, 0.5) is 0 Å². The Labute approximate surface area is 128 Å². The summed E-state index contributed by atoms with van der Waals surface area (Å²) in [5.41, 5.74) is 1.52. The number of pyridine rings is 1. The third-order valence-corrected chi connectivity index (χ3v) is 3.43. The van der Waals surface area contributed by atoms with E-state index in [1.807, 2.05) is 20.0 Å². The fraction of sp³-hybridized carbons (Fsp3) is 0.400. The highest BCUT2D eigenvalue weighted by Gasteiger charge is 2.14. The van der Waals surface area contributed by atoms with Crippen LogP contribution in [0.1, 0.15) is 11.4 Å². The Bertz CT molecular complexity index is 733. The Balaban J connectivity index is 2.09. The second kappa shape index (κ2) is 6.46. The van der Waals surface area contributed by atoms with E-state index in [0.717, 1.165) is 11.4 Å². The fourth-order valence-electron chi connectivity index (χ4n) is 2.20. The monoisotopic (exact) mass is 304 g/mol. The van der Waals surface area contributed by atoms with Gasteiger partial charge in [-0.25, -0.2) is 0 Å². The normalized spacial score (nSPS) is 10.5. The van der Waals surface area contributed by atoms with Gasteiger partial charge in [0.25, 0.3) is 5.56 Å². The minimum absolute atomic E-state index is 0.0244. The van der Waals surface area contributed by atoms with Crippen LogP contribution in [0.3, 0.4) is 0 Å². The van der Waals surface area contributed by atoms with E-state index in [1.165, 1.54) is 11.7 Å². The Kier molecular flexibility index (Phi) is 4.65. The van der Waals surface area contributed by atoms with Crippen LogP contribution in [-0.4, -0.2) is 39.3 Å². The number of methoxy groups -OCH3 is 1. The molecule has 1 amide bonds. The average Bonchev–Trinajstić information content (AvgIpc) is 2.79. The predicted octanol–water partition coefficient (Wildman–Crippen LogP) is 0.557. The maximum absolute atomic E-state index is 12.3. The van der Waals surface area contributed by atoms with E-state index in [2.05, 4.69) is 5.10 Å². The lowest BCUT2D eigenvalue weighted by Crippen LogP contribution is -2.34. The molecule has 0 saturated heterocycles. The molecular weight excluding hydrogens is 284 g/mol. The Morgan fingerprint density at radius 2 is 2.18 bits per heavy atom. The highest BCUT2D eigenvalue weighted by molar-refractivity contribution is 5.75. The van der Waals surface area contributed by atoms with E-state index in [0.29, 0.717) is 6.54 Å². The minimum Gasteiger partial charge on any atom is -0.491 e. The lowest BCUT2D eigenvalue weighted by Gasteiger charge is -2.18. The first-order valence-electron chi connectivity index (χ1n) is 6.89. The van der Waals surface area contributed by atoms with Crippen molar-refractivity contribution in [2.75, 3.05) is 14.2 Å². The van der Waals surface area contributed by atoms with E-state index in [-0.39, 0.29) is 23.8 Å². The highest BCUT2D eigenvalue weighted by Crippen LogP contribution is 2.06. The van der Waals surface area contributed by atoms with E-state index in [9.17, 15) is 9.59 Å². The maximum Gasteiger partial charge on any atom is 0.293 e. The van der Waals surface area contributed by atoms with Crippen LogP contribution in [0.15, 0.2) is 29.2 Å². The number of hydrogen-bond acceptors (Lipinski definition) is 4. The smallest absolute Gasteiger partial charge is 0.293 e. The topological polar surface area (TPSA) is 69.4 Å². The molecule has 0 N–H and O–H groups in total. The number of carbonyl (C=O) groups is 1. The van der Waals surface area contributed by atoms with Crippen LogP contribution >= 0.6 is 0 Å². The van der Waals surface area contributed by atoms with Gasteiger partial charge >= 0.3 is 0 Å². The molecule has 2 aromatic heterocycles. The van der Waals surface area contributed by atoms with E-state index in [4.69, 9.17) is 4.74 Å². The molecule has 0 fully saturated rings. The SMILES string of the molecule is COc1cccn(CC(=O)N(C)Cc2cc(C)nn2C)c1=O. The molecule has 7 nitrogen and oxygen atoms in total. The van der Waals surface area contributed by atoms with Crippen LogP contribution in [-0.2, 0) is 24.9 Å². The zero-order valence-electron chi connectivity index (χ0n) is 13.2. The maximum atomic E-state index is 12.3. The Morgan fingerprint density at radius 1 is 1.45 bits per heavy atom. The molecule has 0 unspecified atom stereocenters. The number of rotatable bonds is 5. The van der Waals surface area contributed by atoms with Gasteiger partial charge in [-0.05, 0) is 25.1 Å². The van der Waals surface area contributed by atoms with Crippen LogP contribution in [0.25, 0.3) is 0 Å². The molecule has 2 aromatic rings. The molecule has 0 bridgehead atoms. The van der Waals surface area contributed by atoms with Crippen molar-refractivity contribution in [3.05, 3.63) is 46.1 Å². The van der Waals surface area contributed by atoms with E-state index < -0.39 is 0 Å². The summed E-state index contributed by atoms with van der Waals surface area (Å²) in [6, 6.07) is 5.19. The van der Waals surface area contributed by atoms with Crippen LogP contribution in [0, 0.1) is 6.92 Å². The molecule has 0 spiro atoms. The van der Waals surface area contributed by atoms with Gasteiger partial charge in [0.05, 0.1) is 25.0 Å². The molecule has 0 aliphatic carbocycles. The number of aryl methyl sites for hydroxylation is 2. The summed E-state index contributed by atoms with van der Waals surface area (Å²) in [6.45, 7) is 2.32. The molecule has 22 heavy (non-hydrogen) atoms. The lowest BCUT2D eigenvalue weighted by molar-refractivity contribution is -0.131. The number of amides is 1. The number of hydrogen-bond donors (Lipinski definition) is 0. The Morgan fingerprint density at radius 3 is 2.77 bits per heavy atom. The number of likely N-dealkylation sites (N-methyl/N-ethyl adjacent to an activating group) is 1. The molecule has 118 valence electrons. The molecule has 0 aliphatic rings. The van der Waals surface area contributed by atoms with Crippen molar-refractivity contribution in [3.8, 4) is 5.75 Å². The predicted molar refractivity (Wildman–Crippen MR) is 81.7 cm³/mol. The van der Waals surface area contributed by atoms with Gasteiger partial charge in [-0.2, -0.15) is 5.10 Å². The van der Waals surface area contributed by atoms with Gasteiger partial charge in [-0.15, -0.1) is 0 Å². The van der Waals surface area contributed by atoms with Crippen LogP contribution < -0.4 is 10.3 Å². The van der Waals surface area contributed by atoms with Gasteiger partial charge in [0.1, 0.15) is 6.54 Å². The summed E-state index contributed by atoms with van der Waals surface area (Å²) >= 11 is 0. The van der Waals surface area contributed by atoms with Crippen molar-refractivity contribution in [2.45, 2.75) is 20.0 Å². The van der Waals surface area contributed by atoms with E-state index in [1.54, 1.807) is 35.0 Å². The summed E-state index contributed by atoms with van der Waals surface area (Å²) < 4.78 is 8.06. The third-order valence-electron chi connectivity index (χ3n) is 3.43. The van der Waals surface area contributed by atoms with Crippen molar-refractivity contribution < 1.29 is 9.53 Å². The largest absolute Gasteiger partial charge is 0.491 e. The fourth-order valence-corrected chi connectivity index (χ4v) is 2.20. The molecule has 0 atom stereocenters. The summed E-state index contributed by atoms with van der Waals surface area (Å²) in [7, 11) is 4.98. The second-order valence-corrected chi connectivity index (χ2v) is 5.16. The number of nitrogens with zero attached hydrogens (tertiary/aromatic N) is 4. The molecular formula is C15H20N4O3. The van der Waals surface area contributed by atoms with Gasteiger partial charge in [0, 0.05) is 20.3 Å². The van der Waals surface area contributed by atoms with Crippen LogP contribution in [0.2, 0.25) is 0 Å². The standard InChI is InChI=1S/C15H20N4O3/c1-11-8-12(18(3)16-11)9-17(2)14(20)10-19-7-5-6-13(22-4)15(19)21/h5-8H,9-10H2,1-4H3. The molecule has 2 heterocycles. The van der Waals surface area contributed by atoms with Crippen LogP contribution in [0.5, 0.6) is 5.75 Å². The van der Waals surface area contributed by atoms with Gasteiger partial charge in [-0.1, -0.05) is 0 Å². The van der Waals surface area contributed by atoms with Gasteiger partial charge < -0.3 is 14.2 Å². The molecule has 0 aliphatic heterocycles. The number of ether oxygens (including phenoxy) is 1. The highest BCUT2D eigenvalue weighted by atomic mass is 16.5. The zero-order valence-corrected chi connectivity index (χ0v) is 13.2. The summed E-state index contributed by atoms with van der Waals surface area (Å²) in [5, 5.41) is 4.25. The average molecular weight is 304 g/mol. The molecule has 0 radical (unpaired) electrons. The van der Waals surface area contributed by atoms with Crippen molar-refractivity contribution in [2.24, 2.45) is 7.05 Å². The first-order valence-corrected chi connectivity index (χ1v) is 6.89. The molecule has 0 aromatic carbocycles. The third kappa shape index (κ3) is 3.36. The van der Waals surface area contributed by atoms with Gasteiger partial charge in [0.15, 0.2) is 5.75 Å². The van der Waals surface area contributed by atoms with Crippen molar-refractivity contribution in [1.82, 2.24) is 19.2 Å². The summed E-state index contributed by atoms with van der Waals surface area (Å²) in [4.78, 5) is 25.9. The van der Waals surface area contributed by atoms with Gasteiger partial charge in [-0.3, -0.25) is 14.3 Å². The van der Waals surface area contributed by atoms with Crippen molar-refractivity contribution >= 4 is 5.91 Å². The summed E-state index contributed by atoms with van der Waals surface area (Å²) in [6.07, 6.45) is 1.57. The molecule has 0 saturated carbocycles. The van der Waals surface area contributed by atoms with Crippen molar-refractivity contribution in [1.29, 1.82) is 0 Å². The first kappa shape index (κ1) is 15.8. The second-order valence-electron chi connectivity index (χ2n) is 5.16. The number of aromatic nitrogens is 3. The summed E-state index contributed by atoms with van der Waals surface area (Å²) in [5.74, 6) is 0.0643. The minimum atomic E-state index is -0.317. The van der Waals surface area contributed by atoms with Crippen molar-refractivity contribution in [3.63, 3.8) is 0 Å². The zero-order chi connectivity index (χ0) is 16.3.